The molecule has 0 saturated carbocycles. The van der Waals surface area contributed by atoms with Gasteiger partial charge in [0.2, 0.25) is 0 Å². The Morgan fingerprint density at radius 2 is 1.85 bits per heavy atom. The smallest absolute Gasteiger partial charge is 0.319 e. The third kappa shape index (κ3) is 4.42. The van der Waals surface area contributed by atoms with E-state index in [1.807, 2.05) is 24.3 Å². The van der Waals surface area contributed by atoms with E-state index >= 15 is 4.39 Å². The summed E-state index contributed by atoms with van der Waals surface area (Å²) >= 11 is 0. The fourth-order valence-corrected chi connectivity index (χ4v) is 6.80. The fraction of sp³-hybridized carbons (Fsp3) is 0.419. The number of ether oxygens (including phenoxy) is 1. The maximum Gasteiger partial charge on any atom is 0.319 e. The van der Waals surface area contributed by atoms with Crippen LogP contribution in [0.5, 0.6) is 11.8 Å². The Morgan fingerprint density at radius 1 is 1.05 bits per heavy atom. The van der Waals surface area contributed by atoms with Crippen molar-refractivity contribution in [3.05, 3.63) is 53.8 Å². The normalized spacial score (nSPS) is 23.0. The number of aliphatic hydroxyl groups is 1. The highest BCUT2D eigenvalue weighted by Gasteiger charge is 2.34. The van der Waals surface area contributed by atoms with Crippen LogP contribution in [0.2, 0.25) is 0 Å². The molecule has 2 bridgehead atoms. The standard InChI is InChI=1S/C31H34FN5O3/c1-36-10-4-6-22(36)17-40-31-34-29-26(30(35-31)37-14-20-8-9-21(15-37)33-20)12-19(16-38)27(28(29)32)25-13-23(39)11-18-5-2-3-7-24(18)25/h2-3,5,7,11-13,20-22,33,38-39H,4,6,8-10,14-17H2,1H3/t20?,21?,22-/m0/s1. The van der Waals surface area contributed by atoms with E-state index in [9.17, 15) is 10.2 Å². The number of nitrogens with zero attached hydrogens (tertiary/aromatic N) is 4. The number of aliphatic hydroxyl groups excluding tert-OH is 1. The van der Waals surface area contributed by atoms with Crippen molar-refractivity contribution in [1.82, 2.24) is 20.2 Å². The van der Waals surface area contributed by atoms with Gasteiger partial charge in [0.05, 0.1) is 6.61 Å². The second-order valence-corrected chi connectivity index (χ2v) is 11.5. The van der Waals surface area contributed by atoms with Gasteiger partial charge in [-0.05, 0) is 79.4 Å². The molecule has 1 aromatic heterocycles. The zero-order valence-electron chi connectivity index (χ0n) is 22.6. The SMILES string of the molecule is CN1CCC[C@H]1COc1nc(N2CC3CCC(C2)N3)c2cc(CO)c(-c3cc(O)cc4ccccc34)c(F)c2n1. The predicted octanol–water partition coefficient (Wildman–Crippen LogP) is 4.20. The molecule has 3 aliphatic heterocycles. The van der Waals surface area contributed by atoms with Crippen molar-refractivity contribution in [3.8, 4) is 22.9 Å². The topological polar surface area (TPSA) is 94.0 Å². The lowest BCUT2D eigenvalue weighted by molar-refractivity contribution is 0.188. The number of piperazine rings is 1. The zero-order valence-corrected chi connectivity index (χ0v) is 22.6. The molecule has 4 aromatic rings. The summed E-state index contributed by atoms with van der Waals surface area (Å²) in [5.41, 5.74) is 1.32. The molecule has 3 aromatic carbocycles. The number of phenols is 1. The van der Waals surface area contributed by atoms with Crippen molar-refractivity contribution in [2.75, 3.05) is 38.2 Å². The highest BCUT2D eigenvalue weighted by atomic mass is 19.1. The Kier molecular flexibility index (Phi) is 6.45. The Labute approximate surface area is 232 Å². The molecule has 3 saturated heterocycles. The Balaban J connectivity index is 1.41. The van der Waals surface area contributed by atoms with E-state index in [4.69, 9.17) is 9.72 Å². The summed E-state index contributed by atoms with van der Waals surface area (Å²) in [6.45, 7) is 2.63. The molecule has 3 aliphatic rings. The molecule has 2 unspecified atom stereocenters. The number of phenolic OH excluding ortho intramolecular Hbond substituents is 1. The molecule has 0 aliphatic carbocycles. The zero-order chi connectivity index (χ0) is 27.4. The van der Waals surface area contributed by atoms with Crippen LogP contribution in [0, 0.1) is 5.82 Å². The molecular weight excluding hydrogens is 509 g/mol. The monoisotopic (exact) mass is 543 g/mol. The van der Waals surface area contributed by atoms with E-state index in [1.165, 1.54) is 0 Å². The molecule has 0 amide bonds. The van der Waals surface area contributed by atoms with Crippen LogP contribution in [-0.4, -0.2) is 76.5 Å². The van der Waals surface area contributed by atoms with Crippen molar-refractivity contribution in [2.24, 2.45) is 0 Å². The molecular formula is C31H34FN5O3. The summed E-state index contributed by atoms with van der Waals surface area (Å²) in [5, 5.41) is 26.7. The van der Waals surface area contributed by atoms with Gasteiger partial charge in [-0.15, -0.1) is 0 Å². The summed E-state index contributed by atoms with van der Waals surface area (Å²) in [5.74, 6) is 0.113. The van der Waals surface area contributed by atoms with Crippen LogP contribution in [0.25, 0.3) is 32.8 Å². The third-order valence-corrected chi connectivity index (χ3v) is 8.85. The average molecular weight is 544 g/mol. The Bertz CT molecular complexity index is 1590. The molecule has 8 nitrogen and oxygen atoms in total. The van der Waals surface area contributed by atoms with Crippen molar-refractivity contribution in [2.45, 2.75) is 50.4 Å². The van der Waals surface area contributed by atoms with Crippen LogP contribution in [0.1, 0.15) is 31.2 Å². The van der Waals surface area contributed by atoms with Crippen LogP contribution < -0.4 is 15.0 Å². The highest BCUT2D eigenvalue weighted by molar-refractivity contribution is 6.02. The fourth-order valence-electron chi connectivity index (χ4n) is 6.80. The minimum atomic E-state index is -0.554. The first-order chi connectivity index (χ1) is 19.5. The van der Waals surface area contributed by atoms with Crippen LogP contribution in [0.15, 0.2) is 42.5 Å². The van der Waals surface area contributed by atoms with Gasteiger partial charge < -0.3 is 30.1 Å². The number of aromatic hydroxyl groups is 1. The minimum absolute atomic E-state index is 0.0291. The van der Waals surface area contributed by atoms with Crippen molar-refractivity contribution < 1.29 is 19.3 Å². The van der Waals surface area contributed by atoms with Gasteiger partial charge in [0.15, 0.2) is 5.82 Å². The lowest BCUT2D eigenvalue weighted by atomic mass is 9.92. The Morgan fingerprint density at radius 3 is 2.60 bits per heavy atom. The van der Waals surface area contributed by atoms with Crippen LogP contribution >= 0.6 is 0 Å². The lowest BCUT2D eigenvalue weighted by Crippen LogP contribution is -2.51. The number of aromatic nitrogens is 2. The van der Waals surface area contributed by atoms with E-state index in [2.05, 4.69) is 27.1 Å². The first-order valence-corrected chi connectivity index (χ1v) is 14.2. The molecule has 40 heavy (non-hydrogen) atoms. The molecule has 3 N–H and O–H groups in total. The highest BCUT2D eigenvalue weighted by Crippen LogP contribution is 2.41. The summed E-state index contributed by atoms with van der Waals surface area (Å²) < 4.78 is 22.9. The van der Waals surface area contributed by atoms with E-state index < -0.39 is 5.82 Å². The summed E-state index contributed by atoms with van der Waals surface area (Å²) in [4.78, 5) is 14.0. The van der Waals surface area contributed by atoms with Gasteiger partial charge in [-0.2, -0.15) is 9.97 Å². The second-order valence-electron chi connectivity index (χ2n) is 11.5. The first kappa shape index (κ1) is 25.4. The minimum Gasteiger partial charge on any atom is -0.508 e. The number of likely N-dealkylation sites (tertiary alicyclic amines) is 1. The van der Waals surface area contributed by atoms with Gasteiger partial charge in [0, 0.05) is 42.2 Å². The number of nitrogens with one attached hydrogen (secondary N) is 1. The lowest BCUT2D eigenvalue weighted by Gasteiger charge is -2.34. The molecule has 3 atom stereocenters. The van der Waals surface area contributed by atoms with Gasteiger partial charge in [0.1, 0.15) is 23.7 Å². The number of hydrogen-bond acceptors (Lipinski definition) is 8. The quantitative estimate of drug-likeness (QED) is 0.333. The van der Waals surface area contributed by atoms with Crippen molar-refractivity contribution in [3.63, 3.8) is 0 Å². The van der Waals surface area contributed by atoms with E-state index in [0.717, 1.165) is 56.1 Å². The second kappa shape index (κ2) is 10.1. The average Bonchev–Trinajstić information content (AvgIpc) is 3.53. The predicted molar refractivity (Wildman–Crippen MR) is 153 cm³/mol. The number of anilines is 1. The largest absolute Gasteiger partial charge is 0.508 e. The number of hydrogen-bond donors (Lipinski definition) is 3. The first-order valence-electron chi connectivity index (χ1n) is 14.2. The van der Waals surface area contributed by atoms with Gasteiger partial charge in [-0.25, -0.2) is 4.39 Å². The Hall–Kier alpha value is -3.53. The summed E-state index contributed by atoms with van der Waals surface area (Å²) in [6, 6.07) is 13.7. The van der Waals surface area contributed by atoms with E-state index in [-0.39, 0.29) is 35.5 Å². The van der Waals surface area contributed by atoms with Gasteiger partial charge in [-0.1, -0.05) is 24.3 Å². The maximum atomic E-state index is 16.8. The molecule has 7 rings (SSSR count). The molecule has 0 spiro atoms. The van der Waals surface area contributed by atoms with Gasteiger partial charge in [-0.3, -0.25) is 0 Å². The number of fused-ring (bicyclic) bond motifs is 4. The van der Waals surface area contributed by atoms with Gasteiger partial charge in [0.25, 0.3) is 0 Å². The molecule has 3 fully saturated rings. The van der Waals surface area contributed by atoms with Crippen molar-refractivity contribution in [1.29, 1.82) is 0 Å². The third-order valence-electron chi connectivity index (χ3n) is 8.85. The van der Waals surface area contributed by atoms with Gasteiger partial charge >= 0.3 is 6.01 Å². The molecule has 0 radical (unpaired) electrons. The van der Waals surface area contributed by atoms with E-state index in [1.54, 1.807) is 18.2 Å². The van der Waals surface area contributed by atoms with Crippen LogP contribution in [0.3, 0.4) is 0 Å². The summed E-state index contributed by atoms with van der Waals surface area (Å²) in [7, 11) is 2.09. The molecule has 9 heteroatoms. The maximum absolute atomic E-state index is 16.8. The number of likely N-dealkylation sites (N-methyl/N-ethyl adjacent to an activating group) is 1. The van der Waals surface area contributed by atoms with Crippen LogP contribution in [0.4, 0.5) is 10.2 Å². The number of benzene rings is 3. The van der Waals surface area contributed by atoms with E-state index in [0.29, 0.717) is 41.0 Å². The number of halogens is 1. The molecule has 208 valence electrons. The van der Waals surface area contributed by atoms with Crippen LogP contribution in [-0.2, 0) is 6.61 Å². The number of rotatable bonds is 6. The van der Waals surface area contributed by atoms with Crippen molar-refractivity contribution >= 4 is 27.5 Å². The molecule has 4 heterocycles. The summed E-state index contributed by atoms with van der Waals surface area (Å²) in [6.07, 6.45) is 4.37.